The normalized spacial score (nSPS) is 43.5. The Labute approximate surface area is 183 Å². The Morgan fingerprint density at radius 2 is 1.67 bits per heavy atom. The van der Waals surface area contributed by atoms with Gasteiger partial charge >= 0.3 is 0 Å². The highest BCUT2D eigenvalue weighted by Crippen LogP contribution is 2.66. The van der Waals surface area contributed by atoms with Gasteiger partial charge in [-0.1, -0.05) is 38.0 Å². The van der Waals surface area contributed by atoms with Crippen LogP contribution in [0.1, 0.15) is 83.6 Å². The number of hydrogen-bond acceptors (Lipinski definition) is 3. The van der Waals surface area contributed by atoms with Gasteiger partial charge in [0.05, 0.1) is 11.0 Å². The SMILES string of the molecule is Cc1ccc(S(=O)(=O)O[C@H]2CC[C@@]3(C)[C@@H](CC[C@@H]4[C@H]5CCC[C@]5(C)CC[C@H]43)C2)cc1. The van der Waals surface area contributed by atoms with Gasteiger partial charge < -0.3 is 0 Å². The molecule has 0 saturated heterocycles. The monoisotopic (exact) mass is 430 g/mol. The molecule has 0 spiro atoms. The van der Waals surface area contributed by atoms with E-state index in [9.17, 15) is 8.42 Å². The Morgan fingerprint density at radius 1 is 0.900 bits per heavy atom. The van der Waals surface area contributed by atoms with Gasteiger partial charge in [-0.05, 0) is 111 Å². The zero-order chi connectivity index (χ0) is 21.1. The van der Waals surface area contributed by atoms with Crippen molar-refractivity contribution in [2.75, 3.05) is 0 Å². The maximum absolute atomic E-state index is 12.8. The summed E-state index contributed by atoms with van der Waals surface area (Å²) in [5, 5.41) is 0. The summed E-state index contributed by atoms with van der Waals surface area (Å²) in [6, 6.07) is 7.03. The van der Waals surface area contributed by atoms with E-state index in [1.807, 2.05) is 19.1 Å². The molecule has 0 N–H and O–H groups in total. The van der Waals surface area contributed by atoms with Crippen LogP contribution >= 0.6 is 0 Å². The molecule has 7 atom stereocenters. The van der Waals surface area contributed by atoms with Gasteiger partial charge in [-0.2, -0.15) is 8.42 Å². The van der Waals surface area contributed by atoms with E-state index in [-0.39, 0.29) is 11.0 Å². The van der Waals surface area contributed by atoms with E-state index in [2.05, 4.69) is 13.8 Å². The Bertz CT molecular complexity index is 891. The molecule has 3 nitrogen and oxygen atoms in total. The second-order valence-corrected chi connectivity index (χ2v) is 13.1. The molecule has 4 saturated carbocycles. The summed E-state index contributed by atoms with van der Waals surface area (Å²) in [7, 11) is -3.68. The van der Waals surface area contributed by atoms with Crippen LogP contribution in [-0.2, 0) is 14.3 Å². The molecule has 0 amide bonds. The smallest absolute Gasteiger partial charge is 0.263 e. The van der Waals surface area contributed by atoms with Gasteiger partial charge in [0, 0.05) is 0 Å². The van der Waals surface area contributed by atoms with Crippen molar-refractivity contribution in [1.29, 1.82) is 0 Å². The minimum atomic E-state index is -3.68. The van der Waals surface area contributed by atoms with Gasteiger partial charge in [0.1, 0.15) is 0 Å². The van der Waals surface area contributed by atoms with Crippen molar-refractivity contribution >= 4 is 10.1 Å². The first-order valence-corrected chi connectivity index (χ1v) is 13.6. The van der Waals surface area contributed by atoms with Gasteiger partial charge in [0.2, 0.25) is 0 Å². The number of benzene rings is 1. The Morgan fingerprint density at radius 3 is 2.43 bits per heavy atom. The van der Waals surface area contributed by atoms with Gasteiger partial charge in [0.15, 0.2) is 0 Å². The summed E-state index contributed by atoms with van der Waals surface area (Å²) in [6.07, 6.45) is 12.5. The third-order valence-electron chi connectivity index (χ3n) is 9.97. The van der Waals surface area contributed by atoms with Crippen molar-refractivity contribution in [1.82, 2.24) is 0 Å². The molecule has 30 heavy (non-hydrogen) atoms. The van der Waals surface area contributed by atoms with Crippen LogP contribution in [0.3, 0.4) is 0 Å². The Balaban J connectivity index is 1.30. The fraction of sp³-hybridized carbons (Fsp3) is 0.769. The summed E-state index contributed by atoms with van der Waals surface area (Å²) >= 11 is 0. The third kappa shape index (κ3) is 3.37. The van der Waals surface area contributed by atoms with E-state index in [0.29, 0.717) is 16.7 Å². The van der Waals surface area contributed by atoms with Crippen LogP contribution in [0.25, 0.3) is 0 Å². The molecule has 5 rings (SSSR count). The molecular weight excluding hydrogens is 392 g/mol. The lowest BCUT2D eigenvalue weighted by Crippen LogP contribution is -2.53. The lowest BCUT2D eigenvalue weighted by molar-refractivity contribution is -0.117. The number of aryl methyl sites for hydroxylation is 1. The van der Waals surface area contributed by atoms with E-state index < -0.39 is 10.1 Å². The van der Waals surface area contributed by atoms with Gasteiger partial charge in [0.25, 0.3) is 10.1 Å². The van der Waals surface area contributed by atoms with Crippen molar-refractivity contribution in [3.8, 4) is 0 Å². The van der Waals surface area contributed by atoms with E-state index in [4.69, 9.17) is 4.18 Å². The maximum Gasteiger partial charge on any atom is 0.297 e. The Kier molecular flexibility index (Phi) is 5.13. The molecule has 4 aliphatic rings. The highest BCUT2D eigenvalue weighted by Gasteiger charge is 2.58. The van der Waals surface area contributed by atoms with Gasteiger partial charge in [-0.15, -0.1) is 0 Å². The lowest BCUT2D eigenvalue weighted by Gasteiger charge is -2.60. The van der Waals surface area contributed by atoms with Crippen LogP contribution in [0, 0.1) is 41.4 Å². The van der Waals surface area contributed by atoms with Crippen molar-refractivity contribution in [2.24, 2.45) is 34.5 Å². The van der Waals surface area contributed by atoms with Crippen LogP contribution in [0.4, 0.5) is 0 Å². The largest absolute Gasteiger partial charge is 0.297 e. The van der Waals surface area contributed by atoms with Crippen LogP contribution in [0.15, 0.2) is 29.2 Å². The standard InChI is InChI=1S/C26H38O3S/c1-18-6-9-21(10-7-18)30(27,28)29-20-12-16-26(3)19(17-20)8-11-22-23-5-4-14-25(23,2)15-13-24(22)26/h6-7,9-10,19-20,22-24H,4-5,8,11-17H2,1-3H3/t19-,20-,22+,23+,24+,25+,26-/m0/s1. The van der Waals surface area contributed by atoms with E-state index in [0.717, 1.165) is 42.6 Å². The second kappa shape index (κ2) is 7.33. The molecule has 0 unspecified atom stereocenters. The quantitative estimate of drug-likeness (QED) is 0.514. The highest BCUT2D eigenvalue weighted by atomic mass is 32.2. The van der Waals surface area contributed by atoms with Gasteiger partial charge in [-0.25, -0.2) is 0 Å². The molecule has 0 heterocycles. The minimum absolute atomic E-state index is 0.161. The molecule has 166 valence electrons. The molecular formula is C26H38O3S. The molecule has 4 aliphatic carbocycles. The van der Waals surface area contributed by atoms with Crippen molar-refractivity contribution in [2.45, 2.75) is 96.0 Å². The summed E-state index contributed by atoms with van der Waals surface area (Å²) in [5.74, 6) is 3.28. The van der Waals surface area contributed by atoms with Crippen LogP contribution in [0.5, 0.6) is 0 Å². The molecule has 4 heteroatoms. The van der Waals surface area contributed by atoms with Gasteiger partial charge in [-0.3, -0.25) is 4.18 Å². The van der Waals surface area contributed by atoms with Crippen LogP contribution in [0.2, 0.25) is 0 Å². The molecule has 1 aromatic carbocycles. The van der Waals surface area contributed by atoms with Crippen molar-refractivity contribution in [3.63, 3.8) is 0 Å². The average molecular weight is 431 g/mol. The molecule has 0 bridgehead atoms. The van der Waals surface area contributed by atoms with E-state index >= 15 is 0 Å². The van der Waals surface area contributed by atoms with E-state index in [1.165, 1.54) is 44.9 Å². The molecule has 4 fully saturated rings. The maximum atomic E-state index is 12.8. The number of hydrogen-bond donors (Lipinski definition) is 0. The topological polar surface area (TPSA) is 43.4 Å². The summed E-state index contributed by atoms with van der Waals surface area (Å²) in [4.78, 5) is 0.290. The summed E-state index contributed by atoms with van der Waals surface area (Å²) < 4.78 is 31.4. The van der Waals surface area contributed by atoms with Crippen molar-refractivity contribution in [3.05, 3.63) is 29.8 Å². The molecule has 1 aromatic rings. The number of fused-ring (bicyclic) bond motifs is 5. The first-order valence-electron chi connectivity index (χ1n) is 12.2. The molecule has 0 radical (unpaired) electrons. The predicted molar refractivity (Wildman–Crippen MR) is 120 cm³/mol. The minimum Gasteiger partial charge on any atom is -0.263 e. The highest BCUT2D eigenvalue weighted by molar-refractivity contribution is 7.86. The lowest BCUT2D eigenvalue weighted by atomic mass is 9.45. The molecule has 0 aliphatic heterocycles. The second-order valence-electron chi connectivity index (χ2n) is 11.5. The Hall–Kier alpha value is -0.870. The van der Waals surface area contributed by atoms with Crippen LogP contribution < -0.4 is 0 Å². The van der Waals surface area contributed by atoms with Crippen LogP contribution in [-0.4, -0.2) is 14.5 Å². The zero-order valence-electron chi connectivity index (χ0n) is 18.9. The first kappa shape index (κ1) is 21.0. The fourth-order valence-electron chi connectivity index (χ4n) is 8.24. The fourth-order valence-corrected chi connectivity index (χ4v) is 9.35. The first-order chi connectivity index (χ1) is 14.2. The summed E-state index contributed by atoms with van der Waals surface area (Å²) in [5.41, 5.74) is 2.04. The summed E-state index contributed by atoms with van der Waals surface area (Å²) in [6.45, 7) is 7.07. The number of rotatable bonds is 3. The zero-order valence-corrected chi connectivity index (χ0v) is 19.7. The average Bonchev–Trinajstić information content (AvgIpc) is 3.10. The van der Waals surface area contributed by atoms with Crippen molar-refractivity contribution < 1.29 is 12.6 Å². The van der Waals surface area contributed by atoms with E-state index in [1.54, 1.807) is 12.1 Å². The third-order valence-corrected chi connectivity index (χ3v) is 11.3. The predicted octanol–water partition coefficient (Wildman–Crippen LogP) is 6.50. The molecule has 0 aromatic heterocycles.